The SMILES string of the molecule is N[C@H]1CCN(c2ccc(Cl)cc2Cl)[C@H](c2ccc(Cl)cc2)C1. The van der Waals surface area contributed by atoms with Crippen molar-refractivity contribution in [3.8, 4) is 0 Å². The van der Waals surface area contributed by atoms with Crippen molar-refractivity contribution in [3.63, 3.8) is 0 Å². The maximum Gasteiger partial charge on any atom is 0.0654 e. The molecule has 0 saturated carbocycles. The van der Waals surface area contributed by atoms with Gasteiger partial charge in [-0.15, -0.1) is 0 Å². The molecule has 0 radical (unpaired) electrons. The van der Waals surface area contributed by atoms with E-state index >= 15 is 0 Å². The lowest BCUT2D eigenvalue weighted by molar-refractivity contribution is 0.420. The van der Waals surface area contributed by atoms with Crippen LogP contribution in [0.25, 0.3) is 0 Å². The van der Waals surface area contributed by atoms with Crippen molar-refractivity contribution in [2.75, 3.05) is 11.4 Å². The van der Waals surface area contributed by atoms with Gasteiger partial charge in [0.1, 0.15) is 0 Å². The van der Waals surface area contributed by atoms with Gasteiger partial charge < -0.3 is 10.6 Å². The third kappa shape index (κ3) is 3.36. The summed E-state index contributed by atoms with van der Waals surface area (Å²) in [4.78, 5) is 2.31. The number of hydrogen-bond acceptors (Lipinski definition) is 2. The molecule has 2 N–H and O–H groups in total. The molecule has 0 unspecified atom stereocenters. The molecule has 1 saturated heterocycles. The van der Waals surface area contributed by atoms with Crippen LogP contribution in [0.3, 0.4) is 0 Å². The Morgan fingerprint density at radius 1 is 0.955 bits per heavy atom. The van der Waals surface area contributed by atoms with Gasteiger partial charge in [0.15, 0.2) is 0 Å². The van der Waals surface area contributed by atoms with Crippen LogP contribution in [0, 0.1) is 0 Å². The van der Waals surface area contributed by atoms with Gasteiger partial charge in [-0.1, -0.05) is 46.9 Å². The summed E-state index contributed by atoms with van der Waals surface area (Å²) in [7, 11) is 0. The second kappa shape index (κ2) is 6.67. The first-order valence-corrected chi connectivity index (χ1v) is 8.41. The summed E-state index contributed by atoms with van der Waals surface area (Å²) in [6.45, 7) is 0.871. The molecule has 1 fully saturated rings. The van der Waals surface area contributed by atoms with Gasteiger partial charge in [-0.05, 0) is 48.7 Å². The summed E-state index contributed by atoms with van der Waals surface area (Å²) in [5.74, 6) is 0. The summed E-state index contributed by atoms with van der Waals surface area (Å²) in [6, 6.07) is 14.0. The Morgan fingerprint density at radius 3 is 2.32 bits per heavy atom. The minimum Gasteiger partial charge on any atom is -0.363 e. The number of nitrogens with zero attached hydrogens (tertiary/aromatic N) is 1. The van der Waals surface area contributed by atoms with Gasteiger partial charge >= 0.3 is 0 Å². The van der Waals surface area contributed by atoms with E-state index in [0.29, 0.717) is 10.0 Å². The molecule has 2 aromatic rings. The number of anilines is 1. The lowest BCUT2D eigenvalue weighted by Gasteiger charge is -2.40. The van der Waals surface area contributed by atoms with Crippen LogP contribution in [-0.2, 0) is 0 Å². The third-order valence-corrected chi connectivity index (χ3v) is 4.91. The molecule has 0 spiro atoms. The monoisotopic (exact) mass is 354 g/mol. The molecule has 2 atom stereocenters. The van der Waals surface area contributed by atoms with Crippen molar-refractivity contribution in [2.45, 2.75) is 24.9 Å². The molecule has 0 amide bonds. The Kier molecular flexibility index (Phi) is 4.84. The standard InChI is InChI=1S/C17H17Cl3N2/c18-12-3-1-11(2-4-12)17-10-14(21)7-8-22(17)16-6-5-13(19)9-15(16)20/h1-6,9,14,17H,7-8,10,21H2/t14-,17-/m0/s1. The van der Waals surface area contributed by atoms with Crippen molar-refractivity contribution in [3.05, 3.63) is 63.1 Å². The molecule has 1 aliphatic rings. The van der Waals surface area contributed by atoms with Crippen LogP contribution >= 0.6 is 34.8 Å². The first-order valence-electron chi connectivity index (χ1n) is 7.27. The van der Waals surface area contributed by atoms with E-state index in [4.69, 9.17) is 40.5 Å². The molecule has 22 heavy (non-hydrogen) atoms. The lowest BCUT2D eigenvalue weighted by atomic mass is 9.91. The average Bonchev–Trinajstić information content (AvgIpc) is 2.49. The second-order valence-electron chi connectivity index (χ2n) is 5.64. The van der Waals surface area contributed by atoms with Gasteiger partial charge in [-0.25, -0.2) is 0 Å². The Balaban J connectivity index is 1.98. The number of halogens is 3. The predicted octanol–water partition coefficient (Wildman–Crippen LogP) is 5.32. The molecule has 0 aliphatic carbocycles. The molecule has 3 rings (SSSR count). The van der Waals surface area contributed by atoms with Gasteiger partial charge in [0.2, 0.25) is 0 Å². The number of benzene rings is 2. The van der Waals surface area contributed by atoms with E-state index in [1.165, 1.54) is 5.56 Å². The summed E-state index contributed by atoms with van der Waals surface area (Å²) < 4.78 is 0. The molecule has 116 valence electrons. The third-order valence-electron chi connectivity index (χ3n) is 4.12. The fraction of sp³-hybridized carbons (Fsp3) is 0.294. The fourth-order valence-corrected chi connectivity index (χ4v) is 3.64. The molecule has 2 aromatic carbocycles. The zero-order valence-electron chi connectivity index (χ0n) is 12.0. The number of piperidine rings is 1. The van der Waals surface area contributed by atoms with E-state index in [9.17, 15) is 0 Å². The highest BCUT2D eigenvalue weighted by Gasteiger charge is 2.29. The minimum atomic E-state index is 0.194. The smallest absolute Gasteiger partial charge is 0.0654 e. The van der Waals surface area contributed by atoms with Crippen molar-refractivity contribution < 1.29 is 0 Å². The molecular weight excluding hydrogens is 339 g/mol. The Labute approximate surface area is 145 Å². The van der Waals surface area contributed by atoms with Gasteiger partial charge in [-0.2, -0.15) is 0 Å². The molecule has 1 heterocycles. The van der Waals surface area contributed by atoms with Gasteiger partial charge in [0.25, 0.3) is 0 Å². The van der Waals surface area contributed by atoms with Crippen LogP contribution in [-0.4, -0.2) is 12.6 Å². The van der Waals surface area contributed by atoms with E-state index in [1.54, 1.807) is 6.07 Å². The first kappa shape index (κ1) is 15.9. The predicted molar refractivity (Wildman–Crippen MR) is 95.2 cm³/mol. The number of nitrogens with two attached hydrogens (primary N) is 1. The molecule has 5 heteroatoms. The van der Waals surface area contributed by atoms with Gasteiger partial charge in [-0.3, -0.25) is 0 Å². The fourth-order valence-electron chi connectivity index (χ4n) is 3.00. The van der Waals surface area contributed by atoms with Crippen LogP contribution in [0.2, 0.25) is 15.1 Å². The summed E-state index contributed by atoms with van der Waals surface area (Å²) >= 11 is 18.4. The topological polar surface area (TPSA) is 29.3 Å². The minimum absolute atomic E-state index is 0.194. The normalized spacial score (nSPS) is 21.9. The number of rotatable bonds is 2. The Bertz CT molecular complexity index is 657. The lowest BCUT2D eigenvalue weighted by Crippen LogP contribution is -2.42. The molecule has 2 nitrogen and oxygen atoms in total. The quantitative estimate of drug-likeness (QED) is 0.790. The van der Waals surface area contributed by atoms with E-state index < -0.39 is 0 Å². The van der Waals surface area contributed by atoms with Crippen LogP contribution < -0.4 is 10.6 Å². The maximum atomic E-state index is 6.40. The zero-order valence-corrected chi connectivity index (χ0v) is 14.2. The summed E-state index contributed by atoms with van der Waals surface area (Å²) in [5, 5.41) is 2.05. The highest BCUT2D eigenvalue weighted by molar-refractivity contribution is 6.36. The van der Waals surface area contributed by atoms with Crippen LogP contribution in [0.5, 0.6) is 0 Å². The van der Waals surface area contributed by atoms with Crippen LogP contribution in [0.4, 0.5) is 5.69 Å². The van der Waals surface area contributed by atoms with Crippen molar-refractivity contribution in [2.24, 2.45) is 5.73 Å². The Morgan fingerprint density at radius 2 is 1.64 bits per heavy atom. The molecule has 1 aliphatic heterocycles. The second-order valence-corrected chi connectivity index (χ2v) is 6.92. The first-order chi connectivity index (χ1) is 10.5. The summed E-state index contributed by atoms with van der Waals surface area (Å²) in [5.41, 5.74) is 8.39. The van der Waals surface area contributed by atoms with Crippen molar-refractivity contribution >= 4 is 40.5 Å². The highest BCUT2D eigenvalue weighted by Crippen LogP contribution is 2.39. The zero-order chi connectivity index (χ0) is 15.7. The number of hydrogen-bond donors (Lipinski definition) is 1. The summed E-state index contributed by atoms with van der Waals surface area (Å²) in [6.07, 6.45) is 1.84. The van der Waals surface area contributed by atoms with E-state index in [1.807, 2.05) is 24.3 Å². The average molecular weight is 356 g/mol. The van der Waals surface area contributed by atoms with Crippen molar-refractivity contribution in [1.82, 2.24) is 0 Å². The van der Waals surface area contributed by atoms with Crippen LogP contribution in [0.1, 0.15) is 24.4 Å². The maximum absolute atomic E-state index is 6.40. The largest absolute Gasteiger partial charge is 0.363 e. The van der Waals surface area contributed by atoms with E-state index in [2.05, 4.69) is 17.0 Å². The van der Waals surface area contributed by atoms with Crippen molar-refractivity contribution in [1.29, 1.82) is 0 Å². The van der Waals surface area contributed by atoms with E-state index in [0.717, 1.165) is 30.1 Å². The van der Waals surface area contributed by atoms with Gasteiger partial charge in [0.05, 0.1) is 16.8 Å². The van der Waals surface area contributed by atoms with Crippen LogP contribution in [0.15, 0.2) is 42.5 Å². The highest BCUT2D eigenvalue weighted by atomic mass is 35.5. The molecule has 0 bridgehead atoms. The molecule has 0 aromatic heterocycles. The van der Waals surface area contributed by atoms with E-state index in [-0.39, 0.29) is 12.1 Å². The van der Waals surface area contributed by atoms with Gasteiger partial charge in [0, 0.05) is 22.6 Å². The molecular formula is C17H17Cl3N2. The Hall–Kier alpha value is -0.930.